The second-order valence-electron chi connectivity index (χ2n) is 8.84. The van der Waals surface area contributed by atoms with Crippen LogP contribution in [0.3, 0.4) is 0 Å². The van der Waals surface area contributed by atoms with Crippen LogP contribution in [0, 0.1) is 43.4 Å². The van der Waals surface area contributed by atoms with Crippen LogP contribution >= 0.6 is 0 Å². The summed E-state index contributed by atoms with van der Waals surface area (Å²) in [5.41, 5.74) is 2.88. The molecule has 5 rings (SSSR count). The van der Waals surface area contributed by atoms with E-state index < -0.39 is 6.10 Å². The average Bonchev–Trinajstić information content (AvgIpc) is 2.57. The van der Waals surface area contributed by atoms with Gasteiger partial charge in [0.05, 0.1) is 5.92 Å². The number of hydrogen-bond acceptors (Lipinski definition) is 3. The van der Waals surface area contributed by atoms with Gasteiger partial charge in [-0.3, -0.25) is 9.59 Å². The van der Waals surface area contributed by atoms with Gasteiger partial charge in [0, 0.05) is 5.69 Å². The van der Waals surface area contributed by atoms with E-state index in [1.807, 2.05) is 32.0 Å². The Morgan fingerprint density at radius 1 is 1.04 bits per heavy atom. The molecule has 4 bridgehead atoms. The summed E-state index contributed by atoms with van der Waals surface area (Å²) in [5.74, 6) is 2.22. The number of hydrogen-bond donors (Lipinski definition) is 1. The van der Waals surface area contributed by atoms with Gasteiger partial charge >= 0.3 is 5.97 Å². The Labute approximate surface area is 155 Å². The number of ether oxygens (including phenoxy) is 1. The molecule has 0 spiro atoms. The van der Waals surface area contributed by atoms with Gasteiger partial charge in [0.25, 0.3) is 5.91 Å². The molecular weight excluding hydrogens is 326 g/mol. The van der Waals surface area contributed by atoms with Crippen molar-refractivity contribution in [3.63, 3.8) is 0 Å². The van der Waals surface area contributed by atoms with Crippen molar-refractivity contribution in [2.45, 2.75) is 59.0 Å². The normalized spacial score (nSPS) is 33.0. The van der Waals surface area contributed by atoms with Crippen molar-refractivity contribution in [2.24, 2.45) is 29.6 Å². The number of benzene rings is 1. The first-order valence-corrected chi connectivity index (χ1v) is 9.99. The number of aryl methyl sites for hydroxylation is 2. The van der Waals surface area contributed by atoms with Gasteiger partial charge in [-0.2, -0.15) is 0 Å². The predicted octanol–water partition coefficient (Wildman–Crippen LogP) is 4.25. The second-order valence-corrected chi connectivity index (χ2v) is 8.84. The highest BCUT2D eigenvalue weighted by atomic mass is 16.5. The molecule has 1 atom stereocenters. The van der Waals surface area contributed by atoms with Gasteiger partial charge in [-0.1, -0.05) is 12.1 Å². The second kappa shape index (κ2) is 6.71. The number of nitrogens with one attached hydrogen (secondary N) is 1. The highest BCUT2D eigenvalue weighted by molar-refractivity contribution is 5.95. The lowest BCUT2D eigenvalue weighted by molar-refractivity contribution is -0.169. The molecule has 140 valence electrons. The highest BCUT2D eigenvalue weighted by Crippen LogP contribution is 2.56. The molecule has 4 heteroatoms. The fourth-order valence-electron chi connectivity index (χ4n) is 5.72. The molecule has 0 saturated heterocycles. The number of carbonyl (C=O) groups is 2. The fraction of sp³-hybridized carbons (Fsp3) is 0.636. The Balaban J connectivity index is 1.38. The molecule has 4 nitrogen and oxygen atoms in total. The molecule has 4 saturated carbocycles. The lowest BCUT2D eigenvalue weighted by Gasteiger charge is -2.53. The summed E-state index contributed by atoms with van der Waals surface area (Å²) >= 11 is 0. The number of anilines is 1. The standard InChI is InChI=1S/C22H29NO3/c1-12-4-5-13(2)19(6-12)23-21(24)14(3)26-22(25)20-17-8-15-7-16(10-17)11-18(20)9-15/h4-6,14-18,20H,7-11H2,1-3H3,(H,23,24). The van der Waals surface area contributed by atoms with Crippen LogP contribution in [-0.2, 0) is 14.3 Å². The van der Waals surface area contributed by atoms with Crippen LogP contribution in [-0.4, -0.2) is 18.0 Å². The third-order valence-electron chi connectivity index (χ3n) is 6.81. The van der Waals surface area contributed by atoms with Crippen molar-refractivity contribution in [1.29, 1.82) is 0 Å². The molecule has 4 aliphatic rings. The zero-order chi connectivity index (χ0) is 18.4. The summed E-state index contributed by atoms with van der Waals surface area (Å²) < 4.78 is 5.63. The largest absolute Gasteiger partial charge is 0.452 e. The van der Waals surface area contributed by atoms with E-state index in [9.17, 15) is 9.59 Å². The summed E-state index contributed by atoms with van der Waals surface area (Å²) in [6, 6.07) is 5.94. The molecule has 1 amide bonds. The SMILES string of the molecule is Cc1ccc(C)c(NC(=O)C(C)OC(=O)C2C3CC4CC(C3)CC2C4)c1. The van der Waals surface area contributed by atoms with E-state index in [1.54, 1.807) is 6.92 Å². The first-order chi connectivity index (χ1) is 12.4. The molecule has 4 fully saturated rings. The third kappa shape index (κ3) is 3.26. The van der Waals surface area contributed by atoms with E-state index in [0.29, 0.717) is 11.8 Å². The van der Waals surface area contributed by atoms with Gasteiger partial charge < -0.3 is 10.1 Å². The number of carbonyl (C=O) groups excluding carboxylic acids is 2. The molecule has 0 aromatic heterocycles. The van der Waals surface area contributed by atoms with E-state index in [1.165, 1.54) is 32.1 Å². The van der Waals surface area contributed by atoms with Crippen molar-refractivity contribution in [2.75, 3.05) is 5.32 Å². The maximum absolute atomic E-state index is 12.8. The highest BCUT2D eigenvalue weighted by Gasteiger charge is 2.51. The number of esters is 1. The minimum atomic E-state index is -0.764. The molecule has 1 unspecified atom stereocenters. The molecular formula is C22H29NO3. The topological polar surface area (TPSA) is 55.4 Å². The lowest BCUT2D eigenvalue weighted by atomic mass is 9.52. The molecule has 4 aliphatic carbocycles. The van der Waals surface area contributed by atoms with E-state index >= 15 is 0 Å². The molecule has 1 N–H and O–H groups in total. The minimum absolute atomic E-state index is 0.0127. The van der Waals surface area contributed by atoms with Crippen molar-refractivity contribution < 1.29 is 14.3 Å². The number of rotatable bonds is 4. The fourth-order valence-corrected chi connectivity index (χ4v) is 5.72. The summed E-state index contributed by atoms with van der Waals surface area (Å²) in [6.45, 7) is 5.62. The van der Waals surface area contributed by atoms with E-state index in [2.05, 4.69) is 5.32 Å². The van der Waals surface area contributed by atoms with Crippen molar-refractivity contribution >= 4 is 17.6 Å². The zero-order valence-electron chi connectivity index (χ0n) is 16.0. The van der Waals surface area contributed by atoms with Gasteiger partial charge in [-0.05, 0) is 93.7 Å². The Morgan fingerprint density at radius 3 is 2.27 bits per heavy atom. The Hall–Kier alpha value is -1.84. The van der Waals surface area contributed by atoms with E-state index in [0.717, 1.165) is 28.7 Å². The molecule has 0 aliphatic heterocycles. The van der Waals surface area contributed by atoms with Gasteiger partial charge in [0.1, 0.15) is 0 Å². The molecule has 1 aromatic rings. The summed E-state index contributed by atoms with van der Waals surface area (Å²) in [4.78, 5) is 25.3. The lowest BCUT2D eigenvalue weighted by Crippen LogP contribution is -2.49. The molecule has 0 radical (unpaired) electrons. The molecule has 26 heavy (non-hydrogen) atoms. The summed E-state index contributed by atoms with van der Waals surface area (Å²) in [6.07, 6.45) is 5.31. The van der Waals surface area contributed by atoms with Gasteiger partial charge in [-0.15, -0.1) is 0 Å². The Morgan fingerprint density at radius 2 is 1.65 bits per heavy atom. The predicted molar refractivity (Wildman–Crippen MR) is 101 cm³/mol. The monoisotopic (exact) mass is 355 g/mol. The van der Waals surface area contributed by atoms with Crippen LogP contribution in [0.5, 0.6) is 0 Å². The Kier molecular flexibility index (Phi) is 4.54. The zero-order valence-corrected chi connectivity index (χ0v) is 16.0. The minimum Gasteiger partial charge on any atom is -0.452 e. The molecule has 0 heterocycles. The van der Waals surface area contributed by atoms with Crippen LogP contribution in [0.15, 0.2) is 18.2 Å². The van der Waals surface area contributed by atoms with E-state index in [-0.39, 0.29) is 17.8 Å². The third-order valence-corrected chi connectivity index (χ3v) is 6.81. The van der Waals surface area contributed by atoms with E-state index in [4.69, 9.17) is 4.74 Å². The quantitative estimate of drug-likeness (QED) is 0.822. The molecule has 1 aromatic carbocycles. The van der Waals surface area contributed by atoms with Gasteiger partial charge in [-0.25, -0.2) is 0 Å². The van der Waals surface area contributed by atoms with Crippen molar-refractivity contribution in [3.05, 3.63) is 29.3 Å². The maximum Gasteiger partial charge on any atom is 0.310 e. The first-order valence-electron chi connectivity index (χ1n) is 9.99. The summed E-state index contributed by atoms with van der Waals surface area (Å²) in [7, 11) is 0. The maximum atomic E-state index is 12.8. The van der Waals surface area contributed by atoms with Crippen LogP contribution in [0.2, 0.25) is 0 Å². The summed E-state index contributed by atoms with van der Waals surface area (Å²) in [5, 5.41) is 2.91. The van der Waals surface area contributed by atoms with Gasteiger partial charge in [0.15, 0.2) is 6.10 Å². The van der Waals surface area contributed by atoms with Crippen molar-refractivity contribution in [1.82, 2.24) is 0 Å². The van der Waals surface area contributed by atoms with Crippen molar-refractivity contribution in [3.8, 4) is 0 Å². The Bertz CT molecular complexity index is 698. The van der Waals surface area contributed by atoms with Crippen LogP contribution in [0.25, 0.3) is 0 Å². The average molecular weight is 355 g/mol. The smallest absolute Gasteiger partial charge is 0.310 e. The van der Waals surface area contributed by atoms with Crippen LogP contribution in [0.4, 0.5) is 5.69 Å². The number of amides is 1. The first kappa shape index (κ1) is 17.6. The van der Waals surface area contributed by atoms with Crippen LogP contribution < -0.4 is 5.32 Å². The van der Waals surface area contributed by atoms with Gasteiger partial charge in [0.2, 0.25) is 0 Å². The van der Waals surface area contributed by atoms with Crippen LogP contribution in [0.1, 0.15) is 50.2 Å².